The molecule has 0 aliphatic carbocycles. The Hall–Kier alpha value is -0.300. The van der Waals surface area contributed by atoms with Gasteiger partial charge in [0.25, 0.3) is 0 Å². The number of allylic oxidation sites excluding steroid dienone is 1. The van der Waals surface area contributed by atoms with E-state index in [4.69, 9.17) is 5.11 Å². The minimum absolute atomic E-state index is 0.278. The molecule has 0 aliphatic heterocycles. The first kappa shape index (κ1) is 6.70. The van der Waals surface area contributed by atoms with E-state index in [1.54, 1.807) is 13.0 Å². The molecule has 0 saturated carbocycles. The van der Waals surface area contributed by atoms with Crippen LogP contribution in [0.2, 0.25) is 0 Å². The van der Waals surface area contributed by atoms with Crippen LogP contribution in [0.5, 0.6) is 0 Å². The highest BCUT2D eigenvalue weighted by Gasteiger charge is 1.79. The molecule has 1 heteroatoms. The molecule has 0 saturated heterocycles. The zero-order valence-corrected chi connectivity index (χ0v) is 4.89. The second kappa shape index (κ2) is 3.88. The Morgan fingerprint density at radius 2 is 2.29 bits per heavy atom. The minimum Gasteiger partial charge on any atom is -0.389 e. The predicted octanol–water partition coefficient (Wildman–Crippen LogP) is 1.33. The van der Waals surface area contributed by atoms with Crippen LogP contribution in [0.1, 0.15) is 20.3 Å². The highest BCUT2D eigenvalue weighted by Crippen LogP contribution is 1.84. The predicted molar refractivity (Wildman–Crippen MR) is 31.1 cm³/mol. The van der Waals surface area contributed by atoms with Crippen molar-refractivity contribution in [3.05, 3.63) is 12.2 Å². The lowest BCUT2D eigenvalue weighted by Gasteiger charge is -1.88. The Morgan fingerprint density at radius 3 is 2.43 bits per heavy atom. The fourth-order valence-electron chi connectivity index (χ4n) is 0.333. The topological polar surface area (TPSA) is 20.2 Å². The monoisotopic (exact) mass is 100 g/mol. The standard InChI is InChI=1S/C6H12O/c1-3-4-5-6(2)7/h4-7H,3H2,1-2H3/t6-/m0/s1. The average Bonchev–Trinajstić information content (AvgIpc) is 1.61. The van der Waals surface area contributed by atoms with Gasteiger partial charge in [0.1, 0.15) is 0 Å². The van der Waals surface area contributed by atoms with Crippen molar-refractivity contribution in [2.45, 2.75) is 26.4 Å². The van der Waals surface area contributed by atoms with E-state index < -0.39 is 0 Å². The molecule has 0 aromatic heterocycles. The van der Waals surface area contributed by atoms with Crippen LogP contribution >= 0.6 is 0 Å². The molecule has 0 spiro atoms. The van der Waals surface area contributed by atoms with E-state index in [1.807, 2.05) is 13.0 Å². The zero-order valence-electron chi connectivity index (χ0n) is 4.89. The van der Waals surface area contributed by atoms with Crippen molar-refractivity contribution in [2.75, 3.05) is 0 Å². The lowest BCUT2D eigenvalue weighted by molar-refractivity contribution is 0.244. The summed E-state index contributed by atoms with van der Waals surface area (Å²) in [7, 11) is 0. The molecule has 1 nitrogen and oxygen atoms in total. The summed E-state index contributed by atoms with van der Waals surface area (Å²) in [5.41, 5.74) is 0. The van der Waals surface area contributed by atoms with Crippen LogP contribution in [-0.4, -0.2) is 11.2 Å². The second-order valence-corrected chi connectivity index (χ2v) is 1.58. The van der Waals surface area contributed by atoms with E-state index in [0.29, 0.717) is 0 Å². The van der Waals surface area contributed by atoms with Crippen LogP contribution in [0.25, 0.3) is 0 Å². The van der Waals surface area contributed by atoms with Gasteiger partial charge in [-0.05, 0) is 13.3 Å². The highest BCUT2D eigenvalue weighted by atomic mass is 16.3. The van der Waals surface area contributed by atoms with Gasteiger partial charge >= 0.3 is 0 Å². The van der Waals surface area contributed by atoms with Crippen molar-refractivity contribution in [2.24, 2.45) is 0 Å². The maximum absolute atomic E-state index is 8.60. The molecule has 0 aromatic rings. The summed E-state index contributed by atoms with van der Waals surface area (Å²) in [6, 6.07) is 0. The number of hydrogen-bond acceptors (Lipinski definition) is 1. The quantitative estimate of drug-likeness (QED) is 0.519. The first-order valence-electron chi connectivity index (χ1n) is 2.62. The molecule has 1 atom stereocenters. The fraction of sp³-hybridized carbons (Fsp3) is 0.667. The summed E-state index contributed by atoms with van der Waals surface area (Å²) < 4.78 is 0. The Bertz CT molecular complexity index is 55.2. The number of hydrogen-bond donors (Lipinski definition) is 1. The third-order valence-corrected chi connectivity index (χ3v) is 0.650. The van der Waals surface area contributed by atoms with Crippen molar-refractivity contribution in [3.8, 4) is 0 Å². The molecule has 1 N–H and O–H groups in total. The van der Waals surface area contributed by atoms with Crippen molar-refractivity contribution in [1.82, 2.24) is 0 Å². The smallest absolute Gasteiger partial charge is 0.0692 e. The molecular formula is C6H12O. The van der Waals surface area contributed by atoms with Gasteiger partial charge in [-0.25, -0.2) is 0 Å². The van der Waals surface area contributed by atoms with Crippen LogP contribution in [0.15, 0.2) is 12.2 Å². The Balaban J connectivity index is 3.08. The van der Waals surface area contributed by atoms with E-state index in [9.17, 15) is 0 Å². The Labute approximate surface area is 44.7 Å². The summed E-state index contributed by atoms with van der Waals surface area (Å²) in [6.45, 7) is 3.78. The van der Waals surface area contributed by atoms with Crippen molar-refractivity contribution in [3.63, 3.8) is 0 Å². The molecule has 0 bridgehead atoms. The summed E-state index contributed by atoms with van der Waals surface area (Å²) >= 11 is 0. The first-order valence-corrected chi connectivity index (χ1v) is 2.62. The summed E-state index contributed by atoms with van der Waals surface area (Å²) in [6.07, 6.45) is 4.45. The van der Waals surface area contributed by atoms with Gasteiger partial charge in [-0.3, -0.25) is 0 Å². The van der Waals surface area contributed by atoms with Gasteiger partial charge in [0.2, 0.25) is 0 Å². The van der Waals surface area contributed by atoms with E-state index in [0.717, 1.165) is 6.42 Å². The van der Waals surface area contributed by atoms with Crippen molar-refractivity contribution in [1.29, 1.82) is 0 Å². The van der Waals surface area contributed by atoms with Gasteiger partial charge in [-0.15, -0.1) is 0 Å². The third-order valence-electron chi connectivity index (χ3n) is 0.650. The van der Waals surface area contributed by atoms with E-state index in [2.05, 4.69) is 0 Å². The van der Waals surface area contributed by atoms with Gasteiger partial charge in [-0.2, -0.15) is 0 Å². The SMILES string of the molecule is CCC=C[C@H](C)O. The Morgan fingerprint density at radius 1 is 1.71 bits per heavy atom. The number of aliphatic hydroxyl groups is 1. The highest BCUT2D eigenvalue weighted by molar-refractivity contribution is 4.84. The second-order valence-electron chi connectivity index (χ2n) is 1.58. The van der Waals surface area contributed by atoms with Gasteiger partial charge in [0.05, 0.1) is 6.10 Å². The van der Waals surface area contributed by atoms with Crippen LogP contribution in [0, 0.1) is 0 Å². The van der Waals surface area contributed by atoms with Crippen molar-refractivity contribution >= 4 is 0 Å². The summed E-state index contributed by atoms with van der Waals surface area (Å²) in [4.78, 5) is 0. The molecule has 0 radical (unpaired) electrons. The molecule has 42 valence electrons. The van der Waals surface area contributed by atoms with Gasteiger partial charge < -0.3 is 5.11 Å². The van der Waals surface area contributed by atoms with Crippen LogP contribution in [0.4, 0.5) is 0 Å². The fourth-order valence-corrected chi connectivity index (χ4v) is 0.333. The number of aliphatic hydroxyl groups excluding tert-OH is 1. The molecule has 0 heterocycles. The molecule has 0 fully saturated rings. The molecule has 0 amide bonds. The van der Waals surface area contributed by atoms with Gasteiger partial charge in [0, 0.05) is 0 Å². The van der Waals surface area contributed by atoms with Gasteiger partial charge in [-0.1, -0.05) is 19.1 Å². The molecular weight excluding hydrogens is 88.1 g/mol. The first-order chi connectivity index (χ1) is 3.27. The molecule has 0 unspecified atom stereocenters. The maximum Gasteiger partial charge on any atom is 0.0692 e. The van der Waals surface area contributed by atoms with E-state index >= 15 is 0 Å². The lowest BCUT2D eigenvalue weighted by Crippen LogP contribution is -1.90. The number of rotatable bonds is 2. The molecule has 7 heavy (non-hydrogen) atoms. The molecule has 0 aliphatic rings. The lowest BCUT2D eigenvalue weighted by atomic mass is 10.3. The average molecular weight is 100 g/mol. The van der Waals surface area contributed by atoms with Crippen molar-refractivity contribution < 1.29 is 5.11 Å². The van der Waals surface area contributed by atoms with E-state index in [1.165, 1.54) is 0 Å². The maximum atomic E-state index is 8.60. The van der Waals surface area contributed by atoms with Gasteiger partial charge in [0.15, 0.2) is 0 Å². The minimum atomic E-state index is -0.278. The van der Waals surface area contributed by atoms with Crippen LogP contribution in [0.3, 0.4) is 0 Å². The molecule has 0 rings (SSSR count). The van der Waals surface area contributed by atoms with Crippen LogP contribution < -0.4 is 0 Å². The van der Waals surface area contributed by atoms with E-state index in [-0.39, 0.29) is 6.10 Å². The Kier molecular flexibility index (Phi) is 3.71. The van der Waals surface area contributed by atoms with Crippen LogP contribution in [-0.2, 0) is 0 Å². The summed E-state index contributed by atoms with van der Waals surface area (Å²) in [5.74, 6) is 0. The largest absolute Gasteiger partial charge is 0.389 e. The third kappa shape index (κ3) is 5.70. The normalized spacial score (nSPS) is 15.3. The molecule has 0 aromatic carbocycles. The summed E-state index contributed by atoms with van der Waals surface area (Å²) in [5, 5.41) is 8.60. The zero-order chi connectivity index (χ0) is 5.70.